The Morgan fingerprint density at radius 1 is 0.696 bits per heavy atom. The molecule has 0 saturated heterocycles. The molecular weight excluding hydrogens is 304 g/mol. The minimum absolute atomic E-state index is 0.548. The van der Waals surface area contributed by atoms with Gasteiger partial charge in [-0.1, -0.05) is 36.4 Å². The first-order chi connectivity index (χ1) is 11.3. The number of furan rings is 1. The standard InChI is InChI=1S/C19H14N2OS/c23-19(20-13-6-2-1-3-7-13)21-14-10-11-16-15-8-4-5-9-17(15)22-18(16)12-14/h1-12H,(H2,20,21,23). The highest BCUT2D eigenvalue weighted by atomic mass is 32.1. The summed E-state index contributed by atoms with van der Waals surface area (Å²) < 4.78 is 5.89. The lowest BCUT2D eigenvalue weighted by Gasteiger charge is -2.10. The van der Waals surface area contributed by atoms with Crippen LogP contribution in [-0.2, 0) is 0 Å². The molecule has 0 aliphatic carbocycles. The number of hydrogen-bond donors (Lipinski definition) is 2. The van der Waals surface area contributed by atoms with Crippen molar-refractivity contribution in [2.75, 3.05) is 10.6 Å². The number of para-hydroxylation sites is 2. The summed E-state index contributed by atoms with van der Waals surface area (Å²) in [5, 5.41) is 9.12. The normalized spacial score (nSPS) is 10.8. The maximum absolute atomic E-state index is 5.89. The molecule has 0 bridgehead atoms. The number of thiocarbonyl (C=S) groups is 1. The van der Waals surface area contributed by atoms with Gasteiger partial charge in [0.05, 0.1) is 0 Å². The van der Waals surface area contributed by atoms with Crippen LogP contribution in [-0.4, -0.2) is 5.11 Å². The number of rotatable bonds is 2. The molecule has 0 spiro atoms. The van der Waals surface area contributed by atoms with Crippen LogP contribution >= 0.6 is 12.2 Å². The fraction of sp³-hybridized carbons (Fsp3) is 0. The lowest BCUT2D eigenvalue weighted by molar-refractivity contribution is 0.669. The SMILES string of the molecule is S=C(Nc1ccccc1)Nc1ccc2c(c1)oc1ccccc12. The topological polar surface area (TPSA) is 37.2 Å². The second kappa shape index (κ2) is 5.74. The molecule has 4 rings (SSSR count). The highest BCUT2D eigenvalue weighted by Crippen LogP contribution is 2.30. The molecule has 0 atom stereocenters. The Labute approximate surface area is 138 Å². The van der Waals surface area contributed by atoms with Crippen molar-refractivity contribution in [3.63, 3.8) is 0 Å². The summed E-state index contributed by atoms with van der Waals surface area (Å²) in [5.41, 5.74) is 3.59. The van der Waals surface area contributed by atoms with Crippen molar-refractivity contribution in [1.82, 2.24) is 0 Å². The Balaban J connectivity index is 1.59. The van der Waals surface area contributed by atoms with Crippen LogP contribution in [0.3, 0.4) is 0 Å². The lowest BCUT2D eigenvalue weighted by atomic mass is 10.1. The molecule has 3 aromatic carbocycles. The fourth-order valence-corrected chi connectivity index (χ4v) is 2.85. The zero-order chi connectivity index (χ0) is 15.6. The highest BCUT2D eigenvalue weighted by Gasteiger charge is 2.07. The molecule has 0 fully saturated rings. The van der Waals surface area contributed by atoms with E-state index in [2.05, 4.69) is 22.8 Å². The Kier molecular flexibility index (Phi) is 3.44. The largest absolute Gasteiger partial charge is 0.456 e. The molecule has 2 N–H and O–H groups in total. The quantitative estimate of drug-likeness (QED) is 0.486. The van der Waals surface area contributed by atoms with E-state index in [0.717, 1.165) is 33.3 Å². The van der Waals surface area contributed by atoms with Crippen LogP contribution in [0.25, 0.3) is 21.9 Å². The molecule has 0 saturated carbocycles. The van der Waals surface area contributed by atoms with Gasteiger partial charge in [0, 0.05) is 28.2 Å². The number of anilines is 2. The minimum atomic E-state index is 0.548. The van der Waals surface area contributed by atoms with Gasteiger partial charge in [0.15, 0.2) is 5.11 Å². The van der Waals surface area contributed by atoms with E-state index in [9.17, 15) is 0 Å². The van der Waals surface area contributed by atoms with Crippen molar-refractivity contribution in [1.29, 1.82) is 0 Å². The van der Waals surface area contributed by atoms with Gasteiger partial charge in [-0.15, -0.1) is 0 Å². The lowest BCUT2D eigenvalue weighted by Crippen LogP contribution is -2.18. The van der Waals surface area contributed by atoms with E-state index >= 15 is 0 Å². The van der Waals surface area contributed by atoms with Crippen molar-refractivity contribution >= 4 is 50.6 Å². The molecule has 4 aromatic rings. The van der Waals surface area contributed by atoms with Gasteiger partial charge in [0.1, 0.15) is 11.2 Å². The van der Waals surface area contributed by atoms with E-state index in [1.807, 2.05) is 60.7 Å². The second-order valence-corrected chi connectivity index (χ2v) is 5.66. The minimum Gasteiger partial charge on any atom is -0.456 e. The number of hydrogen-bond acceptors (Lipinski definition) is 2. The first kappa shape index (κ1) is 13.8. The summed E-state index contributed by atoms with van der Waals surface area (Å²) in [4.78, 5) is 0. The van der Waals surface area contributed by atoms with Gasteiger partial charge in [-0.2, -0.15) is 0 Å². The van der Waals surface area contributed by atoms with Gasteiger partial charge >= 0.3 is 0 Å². The van der Waals surface area contributed by atoms with Crippen LogP contribution < -0.4 is 10.6 Å². The zero-order valence-electron chi connectivity index (χ0n) is 12.2. The van der Waals surface area contributed by atoms with Crippen molar-refractivity contribution in [3.8, 4) is 0 Å². The van der Waals surface area contributed by atoms with Crippen LogP contribution in [0, 0.1) is 0 Å². The van der Waals surface area contributed by atoms with Crippen LogP contribution in [0.4, 0.5) is 11.4 Å². The van der Waals surface area contributed by atoms with Crippen molar-refractivity contribution in [2.24, 2.45) is 0 Å². The summed E-state index contributed by atoms with van der Waals surface area (Å²) in [6.45, 7) is 0. The molecule has 1 aromatic heterocycles. The second-order valence-electron chi connectivity index (χ2n) is 5.25. The maximum atomic E-state index is 5.89. The average molecular weight is 318 g/mol. The molecule has 0 amide bonds. The Bertz CT molecular complexity index is 992. The van der Waals surface area contributed by atoms with E-state index in [1.54, 1.807) is 0 Å². The number of nitrogens with one attached hydrogen (secondary N) is 2. The van der Waals surface area contributed by atoms with Crippen LogP contribution in [0.1, 0.15) is 0 Å². The third-order valence-electron chi connectivity index (χ3n) is 3.67. The van der Waals surface area contributed by atoms with Crippen molar-refractivity contribution in [3.05, 3.63) is 72.8 Å². The van der Waals surface area contributed by atoms with E-state index in [1.165, 1.54) is 0 Å². The van der Waals surface area contributed by atoms with Gasteiger partial charge in [0.25, 0.3) is 0 Å². The maximum Gasteiger partial charge on any atom is 0.175 e. The van der Waals surface area contributed by atoms with E-state index < -0.39 is 0 Å². The molecule has 0 unspecified atom stereocenters. The van der Waals surface area contributed by atoms with Gasteiger partial charge in [-0.3, -0.25) is 0 Å². The van der Waals surface area contributed by atoms with Crippen molar-refractivity contribution < 1.29 is 4.42 Å². The zero-order valence-corrected chi connectivity index (χ0v) is 13.1. The first-order valence-corrected chi connectivity index (χ1v) is 7.75. The molecule has 4 heteroatoms. The molecular formula is C19H14N2OS. The predicted molar refractivity (Wildman–Crippen MR) is 100 cm³/mol. The third-order valence-corrected chi connectivity index (χ3v) is 3.87. The molecule has 112 valence electrons. The average Bonchev–Trinajstić information content (AvgIpc) is 2.93. The molecule has 0 radical (unpaired) electrons. The first-order valence-electron chi connectivity index (χ1n) is 7.34. The fourth-order valence-electron chi connectivity index (χ4n) is 2.62. The monoisotopic (exact) mass is 318 g/mol. The van der Waals surface area contributed by atoms with E-state index in [0.29, 0.717) is 5.11 Å². The number of benzene rings is 3. The molecule has 1 heterocycles. The number of fused-ring (bicyclic) bond motifs is 3. The van der Waals surface area contributed by atoms with Gasteiger partial charge in [-0.05, 0) is 42.5 Å². The Hall–Kier alpha value is -2.85. The summed E-state index contributed by atoms with van der Waals surface area (Å²) in [6.07, 6.45) is 0. The van der Waals surface area contributed by atoms with E-state index in [-0.39, 0.29) is 0 Å². The molecule has 0 aliphatic heterocycles. The Morgan fingerprint density at radius 3 is 2.26 bits per heavy atom. The Morgan fingerprint density at radius 2 is 1.39 bits per heavy atom. The van der Waals surface area contributed by atoms with Crippen LogP contribution in [0.15, 0.2) is 77.2 Å². The smallest absolute Gasteiger partial charge is 0.175 e. The van der Waals surface area contributed by atoms with Gasteiger partial charge < -0.3 is 15.1 Å². The van der Waals surface area contributed by atoms with Gasteiger partial charge in [0.2, 0.25) is 0 Å². The summed E-state index contributed by atoms with van der Waals surface area (Å²) >= 11 is 5.35. The van der Waals surface area contributed by atoms with E-state index in [4.69, 9.17) is 16.6 Å². The summed E-state index contributed by atoms with van der Waals surface area (Å²) in [5.74, 6) is 0. The molecule has 0 aliphatic rings. The van der Waals surface area contributed by atoms with Gasteiger partial charge in [-0.25, -0.2) is 0 Å². The van der Waals surface area contributed by atoms with Crippen molar-refractivity contribution in [2.45, 2.75) is 0 Å². The molecule has 23 heavy (non-hydrogen) atoms. The molecule has 3 nitrogen and oxygen atoms in total. The summed E-state index contributed by atoms with van der Waals surface area (Å²) in [6, 6.07) is 23.9. The third kappa shape index (κ3) is 2.76. The van der Waals surface area contributed by atoms with Crippen LogP contribution in [0.2, 0.25) is 0 Å². The highest BCUT2D eigenvalue weighted by molar-refractivity contribution is 7.80. The summed E-state index contributed by atoms with van der Waals surface area (Å²) in [7, 11) is 0. The van der Waals surface area contributed by atoms with Crippen LogP contribution in [0.5, 0.6) is 0 Å². The predicted octanol–water partition coefficient (Wildman–Crippen LogP) is 5.39.